The highest BCUT2D eigenvalue weighted by Gasteiger charge is 2.09. The molecule has 0 radical (unpaired) electrons. The molecule has 0 unspecified atom stereocenters. The van der Waals surface area contributed by atoms with E-state index in [1.54, 1.807) is 13.3 Å². The van der Waals surface area contributed by atoms with E-state index in [0.29, 0.717) is 11.4 Å². The van der Waals surface area contributed by atoms with Gasteiger partial charge in [-0.15, -0.1) is 0 Å². The maximum absolute atomic E-state index is 8.98. The summed E-state index contributed by atoms with van der Waals surface area (Å²) in [5, 5.41) is 8.98. The van der Waals surface area contributed by atoms with Crippen molar-refractivity contribution in [1.29, 1.82) is 5.26 Å². The zero-order valence-electron chi connectivity index (χ0n) is 8.82. The number of nitrogens with two attached hydrogens (primary N) is 1. The molecule has 80 valence electrons. The first-order valence-electron chi connectivity index (χ1n) is 4.77. The van der Waals surface area contributed by atoms with Gasteiger partial charge in [-0.3, -0.25) is 0 Å². The first-order chi connectivity index (χ1) is 7.76. The van der Waals surface area contributed by atoms with Gasteiger partial charge < -0.3 is 15.5 Å². The van der Waals surface area contributed by atoms with Crippen molar-refractivity contribution in [2.75, 3.05) is 12.8 Å². The number of aromatic amines is 1. The monoisotopic (exact) mass is 213 g/mol. The molecular formula is C12H11N3O. The summed E-state index contributed by atoms with van der Waals surface area (Å²) in [6.07, 6.45) is 1.73. The molecule has 1 aromatic carbocycles. The van der Waals surface area contributed by atoms with Crippen LogP contribution in [-0.2, 0) is 0 Å². The summed E-state index contributed by atoms with van der Waals surface area (Å²) in [4.78, 5) is 2.84. The Balaban J connectivity index is 2.47. The molecule has 0 aliphatic heterocycles. The van der Waals surface area contributed by atoms with E-state index in [4.69, 9.17) is 15.7 Å². The summed E-state index contributed by atoms with van der Waals surface area (Å²) in [6.45, 7) is 0. The summed E-state index contributed by atoms with van der Waals surface area (Å²) < 4.78 is 5.07. The van der Waals surface area contributed by atoms with Gasteiger partial charge in [-0.1, -0.05) is 12.1 Å². The minimum Gasteiger partial charge on any atom is -0.497 e. The molecule has 0 bridgehead atoms. The number of methoxy groups -OCH3 is 1. The molecule has 4 nitrogen and oxygen atoms in total. The summed E-state index contributed by atoms with van der Waals surface area (Å²) in [7, 11) is 1.62. The number of nitrogen functional groups attached to an aromatic ring is 1. The Labute approximate surface area is 93.3 Å². The molecule has 0 fully saturated rings. The topological polar surface area (TPSA) is 74.8 Å². The number of nitrogens with one attached hydrogen (secondary N) is 1. The zero-order valence-corrected chi connectivity index (χ0v) is 8.82. The number of nitriles is 1. The minimum absolute atomic E-state index is 0.397. The Hall–Kier alpha value is -2.41. The molecule has 0 amide bonds. The number of H-pyrrole nitrogens is 1. The molecule has 1 aromatic heterocycles. The van der Waals surface area contributed by atoms with Crippen LogP contribution >= 0.6 is 0 Å². The van der Waals surface area contributed by atoms with Crippen LogP contribution in [0.4, 0.5) is 5.82 Å². The van der Waals surface area contributed by atoms with E-state index in [2.05, 4.69) is 11.1 Å². The first-order valence-corrected chi connectivity index (χ1v) is 4.77. The van der Waals surface area contributed by atoms with Crippen molar-refractivity contribution in [1.82, 2.24) is 4.98 Å². The van der Waals surface area contributed by atoms with E-state index in [1.165, 1.54) is 0 Å². The average molecular weight is 213 g/mol. The van der Waals surface area contributed by atoms with Gasteiger partial charge in [0.05, 0.1) is 7.11 Å². The van der Waals surface area contributed by atoms with Gasteiger partial charge in [0, 0.05) is 11.8 Å². The number of hydrogen-bond acceptors (Lipinski definition) is 3. The van der Waals surface area contributed by atoms with E-state index in [1.807, 2.05) is 24.3 Å². The highest BCUT2D eigenvalue weighted by molar-refractivity contribution is 5.76. The maximum Gasteiger partial charge on any atom is 0.119 e. The summed E-state index contributed by atoms with van der Waals surface area (Å²) in [6, 6.07) is 9.56. The molecular weight excluding hydrogens is 202 g/mol. The Morgan fingerprint density at radius 2 is 2.00 bits per heavy atom. The van der Waals surface area contributed by atoms with Gasteiger partial charge in [-0.05, 0) is 17.7 Å². The Morgan fingerprint density at radius 1 is 1.31 bits per heavy atom. The van der Waals surface area contributed by atoms with Crippen molar-refractivity contribution < 1.29 is 4.74 Å². The van der Waals surface area contributed by atoms with E-state index in [-0.39, 0.29) is 0 Å². The standard InChI is InChI=1S/C12H11N3O/c1-16-9-4-2-8(3-5-9)11-7-15-12(14)10(11)6-13/h2-5,7,15H,14H2,1H3. The third-order valence-corrected chi connectivity index (χ3v) is 2.42. The van der Waals surface area contributed by atoms with Crippen molar-refractivity contribution in [3.63, 3.8) is 0 Å². The largest absolute Gasteiger partial charge is 0.497 e. The first kappa shape index (κ1) is 10.1. The second-order valence-electron chi connectivity index (χ2n) is 3.33. The lowest BCUT2D eigenvalue weighted by molar-refractivity contribution is 0.415. The Kier molecular flexibility index (Phi) is 2.52. The Bertz CT molecular complexity index is 534. The number of hydrogen-bond donors (Lipinski definition) is 2. The van der Waals surface area contributed by atoms with E-state index in [9.17, 15) is 0 Å². The fraction of sp³-hybridized carbons (Fsp3) is 0.0833. The SMILES string of the molecule is COc1ccc(-c2c[nH]c(N)c2C#N)cc1. The summed E-state index contributed by atoms with van der Waals surface area (Å²) >= 11 is 0. The molecule has 4 heteroatoms. The second kappa shape index (κ2) is 3.99. The van der Waals surface area contributed by atoms with Crippen LogP contribution < -0.4 is 10.5 Å². The molecule has 0 spiro atoms. The molecule has 16 heavy (non-hydrogen) atoms. The van der Waals surface area contributed by atoms with Gasteiger partial charge >= 0.3 is 0 Å². The number of ether oxygens (including phenoxy) is 1. The van der Waals surface area contributed by atoms with Gasteiger partial charge in [0.2, 0.25) is 0 Å². The molecule has 2 aromatic rings. The second-order valence-corrected chi connectivity index (χ2v) is 3.33. The number of rotatable bonds is 2. The zero-order chi connectivity index (χ0) is 11.5. The Morgan fingerprint density at radius 3 is 2.56 bits per heavy atom. The van der Waals surface area contributed by atoms with Crippen LogP contribution in [0.25, 0.3) is 11.1 Å². The van der Waals surface area contributed by atoms with Crippen LogP contribution in [0, 0.1) is 11.3 Å². The van der Waals surface area contributed by atoms with Crippen LogP contribution in [0.3, 0.4) is 0 Å². The van der Waals surface area contributed by atoms with Crippen molar-refractivity contribution in [3.05, 3.63) is 36.0 Å². The quantitative estimate of drug-likeness (QED) is 0.802. The van der Waals surface area contributed by atoms with E-state index in [0.717, 1.165) is 16.9 Å². The molecule has 2 rings (SSSR count). The van der Waals surface area contributed by atoms with Crippen molar-refractivity contribution in [2.24, 2.45) is 0 Å². The lowest BCUT2D eigenvalue weighted by Crippen LogP contribution is -1.88. The molecule has 0 saturated heterocycles. The van der Waals surface area contributed by atoms with Crippen LogP contribution in [-0.4, -0.2) is 12.1 Å². The van der Waals surface area contributed by atoms with Crippen LogP contribution in [0.5, 0.6) is 5.75 Å². The number of nitrogens with zero attached hydrogens (tertiary/aromatic N) is 1. The third kappa shape index (κ3) is 1.59. The van der Waals surface area contributed by atoms with Gasteiger partial charge in [-0.25, -0.2) is 0 Å². The number of benzene rings is 1. The number of aromatic nitrogens is 1. The number of anilines is 1. The normalized spacial score (nSPS) is 9.75. The molecule has 0 aliphatic carbocycles. The van der Waals surface area contributed by atoms with Crippen molar-refractivity contribution in [2.45, 2.75) is 0 Å². The molecule has 0 saturated carbocycles. The predicted molar refractivity (Wildman–Crippen MR) is 61.9 cm³/mol. The van der Waals surface area contributed by atoms with Gasteiger partial charge in [0.25, 0.3) is 0 Å². The highest BCUT2D eigenvalue weighted by atomic mass is 16.5. The summed E-state index contributed by atoms with van der Waals surface area (Å²) in [5.74, 6) is 1.18. The van der Waals surface area contributed by atoms with Crippen LogP contribution in [0.15, 0.2) is 30.5 Å². The van der Waals surface area contributed by atoms with Gasteiger partial charge in [-0.2, -0.15) is 5.26 Å². The predicted octanol–water partition coefficient (Wildman–Crippen LogP) is 2.14. The molecule has 0 atom stereocenters. The highest BCUT2D eigenvalue weighted by Crippen LogP contribution is 2.28. The lowest BCUT2D eigenvalue weighted by Gasteiger charge is -2.01. The van der Waals surface area contributed by atoms with Gasteiger partial charge in [0.15, 0.2) is 0 Å². The maximum atomic E-state index is 8.98. The molecule has 3 N–H and O–H groups in total. The third-order valence-electron chi connectivity index (χ3n) is 2.42. The smallest absolute Gasteiger partial charge is 0.119 e. The average Bonchev–Trinajstić information content (AvgIpc) is 2.70. The van der Waals surface area contributed by atoms with E-state index >= 15 is 0 Å². The molecule has 1 heterocycles. The van der Waals surface area contributed by atoms with Crippen LogP contribution in [0.2, 0.25) is 0 Å². The van der Waals surface area contributed by atoms with Crippen molar-refractivity contribution >= 4 is 5.82 Å². The summed E-state index contributed by atoms with van der Waals surface area (Å²) in [5.41, 5.74) is 7.86. The molecule has 0 aliphatic rings. The van der Waals surface area contributed by atoms with Gasteiger partial charge in [0.1, 0.15) is 23.2 Å². The minimum atomic E-state index is 0.397. The van der Waals surface area contributed by atoms with E-state index < -0.39 is 0 Å². The lowest BCUT2D eigenvalue weighted by atomic mass is 10.0. The van der Waals surface area contributed by atoms with Crippen molar-refractivity contribution in [3.8, 4) is 22.9 Å². The van der Waals surface area contributed by atoms with Crippen LogP contribution in [0.1, 0.15) is 5.56 Å². The fourth-order valence-electron chi connectivity index (χ4n) is 1.56. The fourth-order valence-corrected chi connectivity index (χ4v) is 1.56.